The molecule has 4 aromatic rings. The number of sulfonamides is 1. The zero-order valence-corrected chi connectivity index (χ0v) is 28.4. The molecule has 5 rings (SSSR count). The first-order chi connectivity index (χ1) is 23.1. The highest BCUT2D eigenvalue weighted by Gasteiger charge is 2.29. The van der Waals surface area contributed by atoms with Crippen molar-refractivity contribution in [2.75, 3.05) is 74.9 Å². The standard InChI is InChI=1S/C34H39FN2O10S/c1-41-24-20-26(42-2)30-27(21-24)47-32(22-18-28(43-3)33(45-5)29(19-22)44-4)34(31(30)38)46-17-7-6-12-36-13-15-37(16-14-36)48(39,40)25-10-8-23(35)9-11-25/h8-11,18-21H,6-7,12-17H2,1-5H3. The highest BCUT2D eigenvalue weighted by molar-refractivity contribution is 7.89. The largest absolute Gasteiger partial charge is 0.496 e. The minimum Gasteiger partial charge on any atom is -0.496 e. The van der Waals surface area contributed by atoms with E-state index in [1.54, 1.807) is 24.3 Å². The van der Waals surface area contributed by atoms with Gasteiger partial charge < -0.3 is 37.7 Å². The first-order valence-corrected chi connectivity index (χ1v) is 16.7. The highest BCUT2D eigenvalue weighted by Crippen LogP contribution is 2.44. The number of methoxy groups -OCH3 is 5. The van der Waals surface area contributed by atoms with Crippen molar-refractivity contribution in [1.82, 2.24) is 9.21 Å². The summed E-state index contributed by atoms with van der Waals surface area (Å²) in [6.45, 7) is 2.71. The maximum atomic E-state index is 14.0. The van der Waals surface area contributed by atoms with Gasteiger partial charge in [-0.25, -0.2) is 12.8 Å². The number of rotatable bonds is 14. The summed E-state index contributed by atoms with van der Waals surface area (Å²) in [7, 11) is 3.77. The van der Waals surface area contributed by atoms with E-state index < -0.39 is 21.3 Å². The molecule has 0 radical (unpaired) electrons. The van der Waals surface area contributed by atoms with Crippen LogP contribution in [0.15, 0.2) is 62.6 Å². The molecule has 1 aliphatic heterocycles. The Morgan fingerprint density at radius 1 is 0.771 bits per heavy atom. The van der Waals surface area contributed by atoms with Crippen LogP contribution in [0.3, 0.4) is 0 Å². The molecule has 1 fully saturated rings. The Bertz CT molecular complexity index is 1880. The van der Waals surface area contributed by atoms with E-state index in [0.29, 0.717) is 67.7 Å². The Balaban J connectivity index is 1.32. The number of ether oxygens (including phenoxy) is 6. The predicted octanol–water partition coefficient (Wildman–Crippen LogP) is 4.81. The molecule has 2 heterocycles. The molecule has 0 saturated carbocycles. The lowest BCUT2D eigenvalue weighted by Crippen LogP contribution is -2.48. The SMILES string of the molecule is COc1cc(OC)c2c(=O)c(OCCCCN3CCN(S(=O)(=O)c4ccc(F)cc4)CC3)c(-c3cc(OC)c(OC)c(OC)c3)oc2c1. The van der Waals surface area contributed by atoms with Crippen LogP contribution in [0.5, 0.6) is 34.5 Å². The summed E-state index contributed by atoms with van der Waals surface area (Å²) in [5.74, 6) is 1.53. The zero-order valence-electron chi connectivity index (χ0n) is 27.5. The summed E-state index contributed by atoms with van der Waals surface area (Å²) in [5, 5.41) is 0.206. The number of hydrogen-bond donors (Lipinski definition) is 0. The smallest absolute Gasteiger partial charge is 0.243 e. The molecule has 1 aliphatic rings. The van der Waals surface area contributed by atoms with Gasteiger partial charge in [-0.3, -0.25) is 4.79 Å². The van der Waals surface area contributed by atoms with E-state index in [0.717, 1.165) is 18.6 Å². The van der Waals surface area contributed by atoms with Crippen molar-refractivity contribution < 1.29 is 45.6 Å². The molecule has 1 aromatic heterocycles. The third-order valence-corrected chi connectivity index (χ3v) is 10.1. The Kier molecular flexibility index (Phi) is 11.0. The Labute approximate surface area is 278 Å². The lowest BCUT2D eigenvalue weighted by molar-refractivity contribution is 0.181. The average molecular weight is 687 g/mol. The van der Waals surface area contributed by atoms with Gasteiger partial charge in [0.15, 0.2) is 17.3 Å². The summed E-state index contributed by atoms with van der Waals surface area (Å²) >= 11 is 0. The summed E-state index contributed by atoms with van der Waals surface area (Å²) in [5.41, 5.74) is 0.291. The van der Waals surface area contributed by atoms with Gasteiger partial charge in [0.2, 0.25) is 27.0 Å². The van der Waals surface area contributed by atoms with E-state index in [1.165, 1.54) is 52.0 Å². The molecule has 1 saturated heterocycles. The molecule has 3 aromatic carbocycles. The summed E-state index contributed by atoms with van der Waals surface area (Å²) in [4.78, 5) is 16.3. The van der Waals surface area contributed by atoms with Gasteiger partial charge in [-0.05, 0) is 55.8 Å². The quantitative estimate of drug-likeness (QED) is 0.170. The van der Waals surface area contributed by atoms with Crippen molar-refractivity contribution in [3.63, 3.8) is 0 Å². The van der Waals surface area contributed by atoms with Crippen LogP contribution in [0.25, 0.3) is 22.3 Å². The van der Waals surface area contributed by atoms with E-state index in [1.807, 2.05) is 0 Å². The van der Waals surface area contributed by atoms with Crippen molar-refractivity contribution in [1.29, 1.82) is 0 Å². The third kappa shape index (κ3) is 7.15. The number of piperazine rings is 1. The lowest BCUT2D eigenvalue weighted by Gasteiger charge is -2.34. The minimum atomic E-state index is -3.69. The fourth-order valence-corrected chi connectivity index (χ4v) is 7.04. The molecule has 0 atom stereocenters. The Morgan fingerprint density at radius 2 is 1.42 bits per heavy atom. The van der Waals surface area contributed by atoms with Gasteiger partial charge in [0, 0.05) is 43.9 Å². The number of nitrogens with zero attached hydrogens (tertiary/aromatic N) is 2. The van der Waals surface area contributed by atoms with Crippen LogP contribution < -0.4 is 33.8 Å². The molecule has 0 N–H and O–H groups in total. The number of halogens is 1. The topological polar surface area (TPSA) is 126 Å². The van der Waals surface area contributed by atoms with Crippen molar-refractivity contribution in [2.24, 2.45) is 0 Å². The van der Waals surface area contributed by atoms with Gasteiger partial charge in [0.1, 0.15) is 28.3 Å². The molecule has 12 nitrogen and oxygen atoms in total. The Hall–Kier alpha value is -4.53. The van der Waals surface area contributed by atoms with Crippen molar-refractivity contribution in [2.45, 2.75) is 17.7 Å². The normalized spacial score (nSPS) is 14.1. The molecule has 0 amide bonds. The van der Waals surface area contributed by atoms with Gasteiger partial charge in [-0.1, -0.05) is 0 Å². The minimum absolute atomic E-state index is 0.000135. The molecular weight excluding hydrogens is 647 g/mol. The van der Waals surface area contributed by atoms with Crippen LogP contribution in [-0.2, 0) is 10.0 Å². The number of unbranched alkanes of at least 4 members (excludes halogenated alkanes) is 1. The number of benzene rings is 3. The summed E-state index contributed by atoms with van der Waals surface area (Å²) < 4.78 is 80.5. The first kappa shape index (κ1) is 34.8. The number of hydrogen-bond acceptors (Lipinski definition) is 11. The van der Waals surface area contributed by atoms with Crippen molar-refractivity contribution in [3.8, 4) is 45.8 Å². The van der Waals surface area contributed by atoms with Crippen LogP contribution in [0.2, 0.25) is 0 Å². The van der Waals surface area contributed by atoms with Crippen molar-refractivity contribution in [3.05, 3.63) is 64.6 Å². The molecule has 48 heavy (non-hydrogen) atoms. The molecule has 0 aliphatic carbocycles. The van der Waals surface area contributed by atoms with Gasteiger partial charge in [0.25, 0.3) is 0 Å². The maximum absolute atomic E-state index is 14.0. The lowest BCUT2D eigenvalue weighted by atomic mass is 10.1. The van der Waals surface area contributed by atoms with Gasteiger partial charge in [-0.2, -0.15) is 4.31 Å². The molecule has 14 heteroatoms. The highest BCUT2D eigenvalue weighted by atomic mass is 32.2. The van der Waals surface area contributed by atoms with Crippen LogP contribution in [0.1, 0.15) is 12.8 Å². The van der Waals surface area contributed by atoms with E-state index >= 15 is 0 Å². The fraction of sp³-hybridized carbons (Fsp3) is 0.382. The fourth-order valence-electron chi connectivity index (χ4n) is 5.62. The van der Waals surface area contributed by atoms with E-state index in [-0.39, 0.29) is 39.7 Å². The summed E-state index contributed by atoms with van der Waals surface area (Å²) in [6.07, 6.45) is 1.35. The Morgan fingerprint density at radius 3 is 2.00 bits per heavy atom. The zero-order chi connectivity index (χ0) is 34.4. The molecule has 0 bridgehead atoms. The predicted molar refractivity (Wildman–Crippen MR) is 177 cm³/mol. The second kappa shape index (κ2) is 15.1. The molecule has 0 spiro atoms. The van der Waals surface area contributed by atoms with Crippen LogP contribution in [0.4, 0.5) is 4.39 Å². The van der Waals surface area contributed by atoms with Crippen molar-refractivity contribution >= 4 is 21.0 Å². The van der Waals surface area contributed by atoms with E-state index in [9.17, 15) is 17.6 Å². The molecule has 0 unspecified atom stereocenters. The maximum Gasteiger partial charge on any atom is 0.243 e. The van der Waals surface area contributed by atoms with Crippen LogP contribution in [-0.4, -0.2) is 92.5 Å². The molecular formula is C34H39FN2O10S. The van der Waals surface area contributed by atoms with Gasteiger partial charge >= 0.3 is 0 Å². The van der Waals surface area contributed by atoms with Gasteiger partial charge in [-0.15, -0.1) is 0 Å². The second-order valence-electron chi connectivity index (χ2n) is 11.0. The summed E-state index contributed by atoms with van der Waals surface area (Å²) in [6, 6.07) is 11.4. The third-order valence-electron chi connectivity index (χ3n) is 8.17. The van der Waals surface area contributed by atoms with Crippen LogP contribution in [0, 0.1) is 5.82 Å². The monoisotopic (exact) mass is 686 g/mol. The van der Waals surface area contributed by atoms with Crippen LogP contribution >= 0.6 is 0 Å². The van der Waals surface area contributed by atoms with E-state index in [2.05, 4.69) is 4.90 Å². The molecule has 258 valence electrons. The van der Waals surface area contributed by atoms with E-state index in [4.69, 9.17) is 32.8 Å². The number of fused-ring (bicyclic) bond motifs is 1. The average Bonchev–Trinajstić information content (AvgIpc) is 3.11. The first-order valence-electron chi connectivity index (χ1n) is 15.3. The van der Waals surface area contributed by atoms with Gasteiger partial charge in [0.05, 0.1) is 47.1 Å². The second-order valence-corrected chi connectivity index (χ2v) is 12.9.